The molecule has 2 N–H and O–H groups in total. The Morgan fingerprint density at radius 3 is 2.51 bits per heavy atom. The number of aromatic nitrogens is 5. The molecule has 2 fully saturated rings. The van der Waals surface area contributed by atoms with Gasteiger partial charge in [0.05, 0.1) is 11.9 Å². The highest BCUT2D eigenvalue weighted by molar-refractivity contribution is 6.24. The average molecular weight is 498 g/mol. The fourth-order valence-corrected chi connectivity index (χ4v) is 4.43. The first-order valence-electron chi connectivity index (χ1n) is 11.3. The van der Waals surface area contributed by atoms with E-state index in [1.807, 2.05) is 0 Å². The van der Waals surface area contributed by atoms with Crippen LogP contribution in [0.5, 0.6) is 11.6 Å². The Morgan fingerprint density at radius 2 is 1.81 bits per heavy atom. The maximum atomic E-state index is 12.6. The van der Waals surface area contributed by atoms with Gasteiger partial charge in [0.25, 0.3) is 17.7 Å². The van der Waals surface area contributed by atoms with Gasteiger partial charge in [0.2, 0.25) is 11.7 Å². The number of benzene rings is 1. The van der Waals surface area contributed by atoms with Crippen LogP contribution in [-0.2, 0) is 9.59 Å². The number of barbiturate groups is 1. The van der Waals surface area contributed by atoms with Crippen LogP contribution in [0.25, 0.3) is 23.0 Å². The topological polar surface area (TPSA) is 165 Å². The number of urea groups is 1. The molecule has 0 atom stereocenters. The second kappa shape index (κ2) is 8.78. The molecule has 1 spiro atoms. The molecule has 1 aromatic carbocycles. The third kappa shape index (κ3) is 3.91. The Bertz CT molecular complexity index is 1470. The van der Waals surface area contributed by atoms with Crippen LogP contribution in [0.1, 0.15) is 12.8 Å². The smallest absolute Gasteiger partial charge is 0.328 e. The number of hydrogen-bond donors (Lipinski definition) is 2. The molecule has 5 heterocycles. The van der Waals surface area contributed by atoms with Gasteiger partial charge in [0.1, 0.15) is 11.4 Å². The number of rotatable bonds is 5. The Morgan fingerprint density at radius 1 is 1.00 bits per heavy atom. The lowest BCUT2D eigenvalue weighted by atomic mass is 9.92. The number of anilines is 1. The van der Waals surface area contributed by atoms with E-state index < -0.39 is 23.4 Å². The lowest BCUT2D eigenvalue weighted by Gasteiger charge is -2.38. The van der Waals surface area contributed by atoms with Gasteiger partial charge in [-0.15, -0.1) is 5.10 Å². The van der Waals surface area contributed by atoms with Crippen LogP contribution < -0.4 is 20.3 Å². The molecule has 13 nitrogen and oxygen atoms in total. The van der Waals surface area contributed by atoms with Gasteiger partial charge in [0, 0.05) is 24.4 Å². The minimum Gasteiger partial charge on any atom is -0.439 e. The second-order valence-electron chi connectivity index (χ2n) is 8.37. The quantitative estimate of drug-likeness (QED) is 0.387. The predicted molar refractivity (Wildman–Crippen MR) is 126 cm³/mol. The van der Waals surface area contributed by atoms with E-state index in [2.05, 4.69) is 36.0 Å². The molecular formula is C24H18N8O5. The molecule has 0 radical (unpaired) electrons. The highest BCUT2D eigenvalue weighted by Crippen LogP contribution is 2.36. The number of nitrogens with one attached hydrogen (secondary N) is 2. The molecule has 2 aliphatic heterocycles. The monoisotopic (exact) mass is 498 g/mol. The van der Waals surface area contributed by atoms with Crippen molar-refractivity contribution < 1.29 is 23.6 Å². The first-order chi connectivity index (χ1) is 18.0. The van der Waals surface area contributed by atoms with Crippen LogP contribution in [0, 0.1) is 0 Å². The van der Waals surface area contributed by atoms with Crippen molar-refractivity contribution in [2.45, 2.75) is 18.4 Å². The molecule has 2 saturated heterocycles. The third-order valence-electron chi connectivity index (χ3n) is 6.17. The van der Waals surface area contributed by atoms with Gasteiger partial charge in [-0.05, 0) is 55.3 Å². The predicted octanol–water partition coefficient (Wildman–Crippen LogP) is 2.09. The zero-order chi connectivity index (χ0) is 25.4. The number of carbonyl (C=O) groups excluding carboxylic acids is 3. The molecule has 0 bridgehead atoms. The number of ether oxygens (including phenoxy) is 1. The van der Waals surface area contributed by atoms with E-state index in [9.17, 15) is 14.4 Å². The zero-order valence-electron chi connectivity index (χ0n) is 19.1. The van der Waals surface area contributed by atoms with Gasteiger partial charge in [0.15, 0.2) is 5.54 Å². The van der Waals surface area contributed by atoms with Crippen molar-refractivity contribution in [2.24, 2.45) is 0 Å². The molecule has 2 aliphatic rings. The standard InChI is InChI=1S/C24H18N8O5/c33-21-24(22(34)29-23(35)28-21)10-2-12-32(24)15-6-9-18(25-13-15)36-16-7-4-14(5-8-16)20-27-19(31-37-20)17-3-1-11-26-30-17/h1,3-9,11,13H,2,10,12H2,(H2,28,29,33,34,35). The summed E-state index contributed by atoms with van der Waals surface area (Å²) in [5, 5.41) is 16.1. The van der Waals surface area contributed by atoms with E-state index in [0.717, 1.165) is 0 Å². The number of pyridine rings is 1. The fraction of sp³-hybridized carbons (Fsp3) is 0.167. The van der Waals surface area contributed by atoms with Crippen LogP contribution in [0.2, 0.25) is 0 Å². The summed E-state index contributed by atoms with van der Waals surface area (Å²) in [6.45, 7) is 0.465. The van der Waals surface area contributed by atoms with Gasteiger partial charge in [-0.3, -0.25) is 20.2 Å². The van der Waals surface area contributed by atoms with Crippen molar-refractivity contribution in [2.75, 3.05) is 11.4 Å². The molecule has 4 amide bonds. The number of amides is 4. The summed E-state index contributed by atoms with van der Waals surface area (Å²) in [7, 11) is 0. The SMILES string of the molecule is O=C1NC(=O)C2(CCCN2c2ccc(Oc3ccc(-c4nc(-c5cccnn5)no4)cc3)nc2)C(=O)N1. The van der Waals surface area contributed by atoms with E-state index >= 15 is 0 Å². The summed E-state index contributed by atoms with van der Waals surface area (Å²) in [6.07, 6.45) is 3.99. The highest BCUT2D eigenvalue weighted by Gasteiger charge is 2.57. The molecule has 37 heavy (non-hydrogen) atoms. The maximum absolute atomic E-state index is 12.6. The van der Waals surface area contributed by atoms with Crippen molar-refractivity contribution in [3.8, 4) is 34.6 Å². The van der Waals surface area contributed by atoms with Gasteiger partial charge >= 0.3 is 6.03 Å². The number of hydrogen-bond acceptors (Lipinski definition) is 11. The number of carbonyl (C=O) groups is 3. The van der Waals surface area contributed by atoms with E-state index in [1.165, 1.54) is 6.20 Å². The molecule has 4 aromatic rings. The molecule has 13 heteroatoms. The summed E-state index contributed by atoms with van der Waals surface area (Å²) in [6, 6.07) is 13.0. The van der Waals surface area contributed by atoms with Crippen molar-refractivity contribution in [3.63, 3.8) is 0 Å². The van der Waals surface area contributed by atoms with Crippen molar-refractivity contribution in [3.05, 3.63) is 60.9 Å². The van der Waals surface area contributed by atoms with E-state index in [-0.39, 0.29) is 0 Å². The van der Waals surface area contributed by atoms with Gasteiger partial charge in [-0.2, -0.15) is 10.1 Å². The lowest BCUT2D eigenvalue weighted by molar-refractivity contribution is -0.137. The van der Waals surface area contributed by atoms with Gasteiger partial charge in [-0.1, -0.05) is 5.16 Å². The van der Waals surface area contributed by atoms with Crippen LogP contribution in [-0.4, -0.2) is 55.3 Å². The van der Waals surface area contributed by atoms with Crippen LogP contribution in [0.4, 0.5) is 10.5 Å². The Kier molecular flexibility index (Phi) is 5.29. The van der Waals surface area contributed by atoms with Crippen molar-refractivity contribution in [1.82, 2.24) is 36.0 Å². The molecule has 0 aliphatic carbocycles. The molecule has 184 valence electrons. The summed E-state index contributed by atoms with van der Waals surface area (Å²) < 4.78 is 11.2. The first kappa shape index (κ1) is 22.3. The minimum absolute atomic E-state index is 0.294. The third-order valence-corrected chi connectivity index (χ3v) is 6.17. The van der Waals surface area contributed by atoms with E-state index in [4.69, 9.17) is 9.26 Å². The molecule has 0 unspecified atom stereocenters. The normalized spacial score (nSPS) is 16.5. The lowest BCUT2D eigenvalue weighted by Crippen LogP contribution is -2.71. The summed E-state index contributed by atoms with van der Waals surface area (Å²) in [5.41, 5.74) is 0.288. The van der Waals surface area contributed by atoms with Crippen LogP contribution in [0.3, 0.4) is 0 Å². The molecule has 3 aromatic heterocycles. The number of nitrogens with zero attached hydrogens (tertiary/aromatic N) is 6. The van der Waals surface area contributed by atoms with Gasteiger partial charge in [-0.25, -0.2) is 9.78 Å². The highest BCUT2D eigenvalue weighted by atomic mass is 16.5. The largest absolute Gasteiger partial charge is 0.439 e. The van der Waals surface area contributed by atoms with Gasteiger partial charge < -0.3 is 14.2 Å². The second-order valence-corrected chi connectivity index (χ2v) is 8.37. The van der Waals surface area contributed by atoms with Crippen molar-refractivity contribution >= 4 is 23.5 Å². The van der Waals surface area contributed by atoms with E-state index in [0.29, 0.717) is 59.7 Å². The van der Waals surface area contributed by atoms with Crippen LogP contribution >= 0.6 is 0 Å². The number of imide groups is 2. The maximum Gasteiger partial charge on any atom is 0.328 e. The summed E-state index contributed by atoms with van der Waals surface area (Å²) in [4.78, 5) is 47.1. The Hall–Kier alpha value is -5.20. The fourth-order valence-electron chi connectivity index (χ4n) is 4.43. The molecule has 6 rings (SSSR count). The average Bonchev–Trinajstić information content (AvgIpc) is 3.58. The Labute approximate surface area is 208 Å². The molecular weight excluding hydrogens is 480 g/mol. The minimum atomic E-state index is -1.48. The zero-order valence-corrected chi connectivity index (χ0v) is 19.1. The van der Waals surface area contributed by atoms with E-state index in [1.54, 1.807) is 59.6 Å². The Balaban J connectivity index is 1.16. The summed E-state index contributed by atoms with van der Waals surface area (Å²) >= 11 is 0. The van der Waals surface area contributed by atoms with Crippen LogP contribution in [0.15, 0.2) is 65.4 Å². The van der Waals surface area contributed by atoms with Crippen molar-refractivity contribution in [1.29, 1.82) is 0 Å². The molecule has 0 saturated carbocycles. The summed E-state index contributed by atoms with van der Waals surface area (Å²) in [5.74, 6) is 0.238. The first-order valence-corrected chi connectivity index (χ1v) is 11.3.